The molecule has 9 heteroatoms. The molecule has 40 heavy (non-hydrogen) atoms. The quantitative estimate of drug-likeness (QED) is 0.319. The number of hydrogen-bond acceptors (Lipinski definition) is 7. The first kappa shape index (κ1) is 31.7. The maximum atomic E-state index is 13.4. The van der Waals surface area contributed by atoms with Gasteiger partial charge in [-0.1, -0.05) is 34.6 Å². The Morgan fingerprint density at radius 3 is 2.38 bits per heavy atom. The Hall–Kier alpha value is -1.19. The molecule has 4 aliphatic rings. The molecule has 0 N–H and O–H groups in total. The molecule has 4 saturated carbocycles. The third-order valence-corrected chi connectivity index (χ3v) is 14.1. The van der Waals surface area contributed by atoms with E-state index in [0.29, 0.717) is 30.7 Å². The number of methoxy groups -OCH3 is 1. The van der Waals surface area contributed by atoms with Gasteiger partial charge < -0.3 is 9.47 Å². The molecule has 8 nitrogen and oxygen atoms in total. The summed E-state index contributed by atoms with van der Waals surface area (Å²) in [6.45, 7) is 13.0. The second-order valence-corrected chi connectivity index (χ2v) is 15.9. The van der Waals surface area contributed by atoms with Crippen molar-refractivity contribution < 1.29 is 31.7 Å². The second kappa shape index (κ2) is 11.5. The van der Waals surface area contributed by atoms with Crippen LogP contribution in [-0.4, -0.2) is 57.6 Å². The van der Waals surface area contributed by atoms with E-state index >= 15 is 0 Å². The molecule has 0 radical (unpaired) electrons. The molecule has 0 spiro atoms. The van der Waals surface area contributed by atoms with Crippen molar-refractivity contribution in [3.8, 4) is 0 Å². The van der Waals surface area contributed by atoms with E-state index in [1.165, 1.54) is 18.3 Å². The standard InChI is InChI=1S/C31H53NO7S/c1-9-32(7)40(35,36)39-27-18-26-23(15-16-29(4)19-22(38-21(3)33)14-17-30(26,29)5)25-12-11-24(31(25,27)6)20(2)10-13-28(34)37-8/h20,22-27H,9-19H2,1-8H3/t20-,22-,23+,24-,25+,26+,27+,29-,30+,31-/m0/s1. The summed E-state index contributed by atoms with van der Waals surface area (Å²) < 4.78 is 45.0. The van der Waals surface area contributed by atoms with Gasteiger partial charge in [0.25, 0.3) is 0 Å². The Balaban J connectivity index is 1.69. The fourth-order valence-corrected chi connectivity index (χ4v) is 11.0. The largest absolute Gasteiger partial charge is 0.469 e. The molecule has 0 aromatic heterocycles. The molecular weight excluding hydrogens is 530 g/mol. The molecule has 0 bridgehead atoms. The van der Waals surface area contributed by atoms with Gasteiger partial charge in [0.15, 0.2) is 0 Å². The number of carbonyl (C=O) groups excluding carboxylic acids is 2. The van der Waals surface area contributed by atoms with E-state index in [-0.39, 0.29) is 46.1 Å². The first-order chi connectivity index (χ1) is 18.6. The molecule has 0 unspecified atom stereocenters. The molecule has 4 aliphatic carbocycles. The molecule has 10 atom stereocenters. The van der Waals surface area contributed by atoms with Crippen LogP contribution in [0, 0.1) is 45.8 Å². The van der Waals surface area contributed by atoms with Crippen LogP contribution < -0.4 is 0 Å². The van der Waals surface area contributed by atoms with Crippen molar-refractivity contribution >= 4 is 22.2 Å². The van der Waals surface area contributed by atoms with E-state index < -0.39 is 16.4 Å². The molecule has 4 fully saturated rings. The number of ether oxygens (including phenoxy) is 2. The van der Waals surface area contributed by atoms with E-state index in [4.69, 9.17) is 13.7 Å². The normalized spacial score (nSPS) is 41.9. The van der Waals surface area contributed by atoms with Crippen LogP contribution in [0.3, 0.4) is 0 Å². The SMILES string of the molecule is CCN(C)S(=O)(=O)O[C@@H]1C[C@@H]2[C@H](CC[C@@]3(C)C[C@@H](OC(C)=O)CC[C@]23C)[C@H]2CC[C@@H]([C@@H](C)CCC(=O)OC)[C@@]21C. The van der Waals surface area contributed by atoms with Gasteiger partial charge in [0, 0.05) is 32.4 Å². The van der Waals surface area contributed by atoms with Crippen LogP contribution in [0.2, 0.25) is 0 Å². The van der Waals surface area contributed by atoms with Crippen molar-refractivity contribution in [3.63, 3.8) is 0 Å². The average Bonchev–Trinajstić information content (AvgIpc) is 3.25. The summed E-state index contributed by atoms with van der Waals surface area (Å²) in [6, 6.07) is 0. The number of nitrogens with zero attached hydrogens (tertiary/aromatic N) is 1. The summed E-state index contributed by atoms with van der Waals surface area (Å²) in [5, 5.41) is 0. The van der Waals surface area contributed by atoms with Crippen LogP contribution in [0.4, 0.5) is 0 Å². The summed E-state index contributed by atoms with van der Waals surface area (Å²) in [4.78, 5) is 23.7. The smallest absolute Gasteiger partial charge is 0.338 e. The summed E-state index contributed by atoms with van der Waals surface area (Å²) in [6.07, 6.45) is 8.36. The molecule has 0 heterocycles. The minimum Gasteiger partial charge on any atom is -0.469 e. The van der Waals surface area contributed by atoms with E-state index in [9.17, 15) is 18.0 Å². The molecule has 0 amide bonds. The molecule has 0 aromatic carbocycles. The summed E-state index contributed by atoms with van der Waals surface area (Å²) >= 11 is 0. The van der Waals surface area contributed by atoms with Crippen molar-refractivity contribution in [1.29, 1.82) is 0 Å². The molecule has 0 aliphatic heterocycles. The monoisotopic (exact) mass is 583 g/mol. The molecule has 0 aromatic rings. The van der Waals surface area contributed by atoms with Gasteiger partial charge in [-0.25, -0.2) is 0 Å². The van der Waals surface area contributed by atoms with Gasteiger partial charge >= 0.3 is 22.2 Å². The van der Waals surface area contributed by atoms with Crippen LogP contribution in [0.5, 0.6) is 0 Å². The van der Waals surface area contributed by atoms with Crippen molar-refractivity contribution in [2.45, 2.75) is 118 Å². The Bertz CT molecular complexity index is 1060. The maximum absolute atomic E-state index is 13.4. The number of fused-ring (bicyclic) bond motifs is 5. The van der Waals surface area contributed by atoms with Gasteiger partial charge in [0.1, 0.15) is 6.10 Å². The lowest BCUT2D eigenvalue weighted by atomic mass is 9.39. The van der Waals surface area contributed by atoms with Gasteiger partial charge in [-0.3, -0.25) is 13.8 Å². The van der Waals surface area contributed by atoms with Gasteiger partial charge in [0.2, 0.25) is 0 Å². The van der Waals surface area contributed by atoms with Crippen LogP contribution in [-0.2, 0) is 33.6 Å². The van der Waals surface area contributed by atoms with E-state index in [2.05, 4.69) is 27.7 Å². The number of carbonyl (C=O) groups is 2. The minimum absolute atomic E-state index is 0.0184. The first-order valence-electron chi connectivity index (χ1n) is 15.5. The second-order valence-electron chi connectivity index (χ2n) is 14.2. The predicted molar refractivity (Wildman–Crippen MR) is 153 cm³/mol. The van der Waals surface area contributed by atoms with E-state index in [1.807, 2.05) is 6.92 Å². The van der Waals surface area contributed by atoms with Crippen LogP contribution in [0.25, 0.3) is 0 Å². The highest BCUT2D eigenvalue weighted by Gasteiger charge is 2.67. The fourth-order valence-electron chi connectivity index (χ4n) is 9.99. The Labute approximate surface area is 242 Å². The van der Waals surface area contributed by atoms with Crippen LogP contribution in [0.1, 0.15) is 106 Å². The zero-order valence-corrected chi connectivity index (χ0v) is 26.8. The minimum atomic E-state index is -3.89. The molecule has 4 rings (SSSR count). The van der Waals surface area contributed by atoms with Crippen LogP contribution in [0.15, 0.2) is 0 Å². The zero-order chi connectivity index (χ0) is 29.7. The van der Waals surface area contributed by atoms with Gasteiger partial charge in [-0.2, -0.15) is 12.7 Å². The third-order valence-electron chi connectivity index (χ3n) is 12.6. The predicted octanol–water partition coefficient (Wildman–Crippen LogP) is 5.75. The Kier molecular flexibility index (Phi) is 9.11. The Morgan fingerprint density at radius 2 is 1.75 bits per heavy atom. The van der Waals surface area contributed by atoms with Crippen molar-refractivity contribution in [3.05, 3.63) is 0 Å². The van der Waals surface area contributed by atoms with Gasteiger partial charge in [-0.05, 0) is 98.2 Å². The highest BCUT2D eigenvalue weighted by Crippen LogP contribution is 2.72. The molecule has 0 saturated heterocycles. The number of esters is 2. The van der Waals surface area contributed by atoms with Crippen molar-refractivity contribution in [2.75, 3.05) is 20.7 Å². The highest BCUT2D eigenvalue weighted by atomic mass is 32.2. The lowest BCUT2D eigenvalue weighted by Gasteiger charge is -2.66. The number of hydrogen-bond donors (Lipinski definition) is 0. The molecular formula is C31H53NO7S. The average molecular weight is 584 g/mol. The topological polar surface area (TPSA) is 99.2 Å². The summed E-state index contributed by atoms with van der Waals surface area (Å²) in [5.74, 6) is 1.35. The van der Waals surface area contributed by atoms with Crippen molar-refractivity contribution in [1.82, 2.24) is 4.31 Å². The van der Waals surface area contributed by atoms with E-state index in [1.54, 1.807) is 7.05 Å². The fraction of sp³-hybridized carbons (Fsp3) is 0.935. The third kappa shape index (κ3) is 5.36. The lowest BCUT2D eigenvalue weighted by molar-refractivity contribution is -0.202. The maximum Gasteiger partial charge on any atom is 0.338 e. The van der Waals surface area contributed by atoms with Crippen molar-refractivity contribution in [2.24, 2.45) is 45.8 Å². The van der Waals surface area contributed by atoms with E-state index in [0.717, 1.165) is 57.8 Å². The summed E-state index contributed by atoms with van der Waals surface area (Å²) in [7, 11) is -0.876. The molecule has 230 valence electrons. The lowest BCUT2D eigenvalue weighted by Crippen LogP contribution is -2.62. The Morgan fingerprint density at radius 1 is 1.05 bits per heavy atom. The van der Waals surface area contributed by atoms with Gasteiger partial charge in [-0.15, -0.1) is 0 Å². The van der Waals surface area contributed by atoms with Gasteiger partial charge in [0.05, 0.1) is 13.2 Å². The van der Waals surface area contributed by atoms with Crippen LogP contribution >= 0.6 is 0 Å². The summed E-state index contributed by atoms with van der Waals surface area (Å²) in [5.41, 5.74) is -0.252. The zero-order valence-electron chi connectivity index (χ0n) is 26.0. The first-order valence-corrected chi connectivity index (χ1v) is 16.9. The highest BCUT2D eigenvalue weighted by molar-refractivity contribution is 7.84. The number of rotatable bonds is 9.